The van der Waals surface area contributed by atoms with E-state index in [4.69, 9.17) is 14.5 Å². The molecule has 1 unspecified atom stereocenters. The Morgan fingerprint density at radius 3 is 2.46 bits per heavy atom. The van der Waals surface area contributed by atoms with E-state index < -0.39 is 36.0 Å². The standard InChI is InChI=1S/C12H15N4O8P.ClH/c1-24-9(5-25(21,22)23)13-4-6-2-7(16(19)20)3-8-10(6)15-12(18)11(17)14-8;/h2-3,9,13H,4-5H2,1H3,(H,14,17)(H,15,18)(H2,21,22,23);1H. The molecular formula is C12H16ClN4O8P. The molecule has 0 amide bonds. The summed E-state index contributed by atoms with van der Waals surface area (Å²) >= 11 is 0. The minimum Gasteiger partial charge on any atom is -0.366 e. The van der Waals surface area contributed by atoms with Crippen LogP contribution in [0.2, 0.25) is 0 Å². The summed E-state index contributed by atoms with van der Waals surface area (Å²) in [5.41, 5.74) is -1.75. The van der Waals surface area contributed by atoms with Crippen LogP contribution in [0.5, 0.6) is 0 Å². The van der Waals surface area contributed by atoms with Gasteiger partial charge in [-0.15, -0.1) is 12.4 Å². The van der Waals surface area contributed by atoms with Crippen LogP contribution in [0.15, 0.2) is 21.7 Å². The molecule has 5 N–H and O–H groups in total. The van der Waals surface area contributed by atoms with Crippen LogP contribution in [-0.2, 0) is 15.8 Å². The van der Waals surface area contributed by atoms with Gasteiger partial charge in [0.25, 0.3) is 5.69 Å². The molecule has 1 atom stereocenters. The van der Waals surface area contributed by atoms with E-state index in [0.29, 0.717) is 0 Å². The predicted octanol–water partition coefficient (Wildman–Crippen LogP) is -0.214. The molecule has 144 valence electrons. The zero-order chi connectivity index (χ0) is 18.8. The van der Waals surface area contributed by atoms with Crippen LogP contribution in [0.3, 0.4) is 0 Å². The minimum atomic E-state index is -4.35. The average Bonchev–Trinajstić information content (AvgIpc) is 2.51. The van der Waals surface area contributed by atoms with E-state index in [2.05, 4.69) is 15.3 Å². The van der Waals surface area contributed by atoms with E-state index in [1.165, 1.54) is 13.2 Å². The molecule has 0 saturated carbocycles. The molecular weight excluding hydrogens is 395 g/mol. The number of ether oxygens (including phenoxy) is 1. The van der Waals surface area contributed by atoms with Gasteiger partial charge in [0.2, 0.25) is 0 Å². The fourth-order valence-electron chi connectivity index (χ4n) is 2.19. The summed E-state index contributed by atoms with van der Waals surface area (Å²) in [5.74, 6) is 0. The molecule has 1 aromatic heterocycles. The highest BCUT2D eigenvalue weighted by atomic mass is 35.5. The van der Waals surface area contributed by atoms with Crippen LogP contribution in [0.25, 0.3) is 11.0 Å². The Morgan fingerprint density at radius 1 is 1.31 bits per heavy atom. The van der Waals surface area contributed by atoms with Crippen molar-refractivity contribution in [3.63, 3.8) is 0 Å². The fourth-order valence-corrected chi connectivity index (χ4v) is 2.90. The molecule has 1 aromatic carbocycles. The highest BCUT2D eigenvalue weighted by Crippen LogP contribution is 2.35. The molecule has 0 aliphatic carbocycles. The first-order valence-electron chi connectivity index (χ1n) is 6.85. The Balaban J connectivity index is 0.00000338. The molecule has 0 radical (unpaired) electrons. The number of methoxy groups -OCH3 is 1. The third kappa shape index (κ3) is 5.46. The normalized spacial score (nSPS) is 12.6. The zero-order valence-electron chi connectivity index (χ0n) is 13.3. The third-order valence-electron chi connectivity index (χ3n) is 3.32. The lowest BCUT2D eigenvalue weighted by Crippen LogP contribution is -2.34. The Bertz CT molecular complexity index is 968. The molecule has 0 saturated heterocycles. The first kappa shape index (κ1) is 22.0. The van der Waals surface area contributed by atoms with Gasteiger partial charge in [-0.05, 0) is 5.56 Å². The fraction of sp³-hybridized carbons (Fsp3) is 0.333. The van der Waals surface area contributed by atoms with Crippen LogP contribution in [0.1, 0.15) is 5.56 Å². The largest absolute Gasteiger partial charge is 0.366 e. The van der Waals surface area contributed by atoms with Crippen molar-refractivity contribution in [1.82, 2.24) is 15.3 Å². The van der Waals surface area contributed by atoms with Gasteiger partial charge in [-0.25, -0.2) is 0 Å². The predicted molar refractivity (Wildman–Crippen MR) is 93.6 cm³/mol. The molecule has 26 heavy (non-hydrogen) atoms. The van der Waals surface area contributed by atoms with Gasteiger partial charge in [-0.1, -0.05) is 0 Å². The number of aromatic amines is 2. The number of benzene rings is 1. The van der Waals surface area contributed by atoms with Crippen molar-refractivity contribution in [2.45, 2.75) is 12.8 Å². The van der Waals surface area contributed by atoms with E-state index in [1.807, 2.05) is 0 Å². The van der Waals surface area contributed by atoms with Crippen molar-refractivity contribution in [3.8, 4) is 0 Å². The van der Waals surface area contributed by atoms with Crippen LogP contribution in [0.4, 0.5) is 5.69 Å². The van der Waals surface area contributed by atoms with Crippen molar-refractivity contribution in [1.29, 1.82) is 0 Å². The molecule has 14 heteroatoms. The number of halogens is 1. The quantitative estimate of drug-likeness (QED) is 0.135. The Kier molecular flexibility index (Phi) is 7.21. The summed E-state index contributed by atoms with van der Waals surface area (Å²) in [6.07, 6.45) is -1.63. The van der Waals surface area contributed by atoms with E-state index >= 15 is 0 Å². The summed E-state index contributed by atoms with van der Waals surface area (Å²) in [5, 5.41) is 13.7. The smallest absolute Gasteiger partial charge is 0.329 e. The molecule has 12 nitrogen and oxygen atoms in total. The molecule has 0 fully saturated rings. The maximum absolute atomic E-state index is 11.5. The van der Waals surface area contributed by atoms with Gasteiger partial charge < -0.3 is 24.5 Å². The molecule has 0 aliphatic rings. The lowest BCUT2D eigenvalue weighted by Gasteiger charge is -2.18. The molecule has 0 bridgehead atoms. The van der Waals surface area contributed by atoms with Gasteiger partial charge >= 0.3 is 18.7 Å². The molecule has 2 rings (SSSR count). The third-order valence-corrected chi connectivity index (χ3v) is 4.12. The second kappa shape index (κ2) is 8.54. The van der Waals surface area contributed by atoms with E-state index in [0.717, 1.165) is 6.07 Å². The lowest BCUT2D eigenvalue weighted by atomic mass is 10.1. The summed E-state index contributed by atoms with van der Waals surface area (Å²) in [6.45, 7) is -0.112. The van der Waals surface area contributed by atoms with Crippen molar-refractivity contribution in [3.05, 3.63) is 48.5 Å². The van der Waals surface area contributed by atoms with Gasteiger partial charge in [-0.3, -0.25) is 29.6 Å². The summed E-state index contributed by atoms with van der Waals surface area (Å²) in [7, 11) is -3.11. The van der Waals surface area contributed by atoms with E-state index in [1.54, 1.807) is 0 Å². The minimum absolute atomic E-state index is 0. The number of H-pyrrole nitrogens is 2. The number of rotatable bonds is 7. The highest BCUT2D eigenvalue weighted by Gasteiger charge is 2.22. The topological polar surface area (TPSA) is 188 Å². The summed E-state index contributed by atoms with van der Waals surface area (Å²) in [4.78, 5) is 55.8. The van der Waals surface area contributed by atoms with Crippen LogP contribution in [-0.4, -0.2) is 44.2 Å². The maximum Gasteiger partial charge on any atom is 0.329 e. The van der Waals surface area contributed by atoms with Crippen LogP contribution < -0.4 is 16.4 Å². The second-order valence-corrected chi connectivity index (χ2v) is 6.84. The Morgan fingerprint density at radius 2 is 1.92 bits per heavy atom. The first-order chi connectivity index (χ1) is 11.6. The van der Waals surface area contributed by atoms with Gasteiger partial charge in [0.15, 0.2) is 0 Å². The van der Waals surface area contributed by atoms with Crippen molar-refractivity contribution in [2.75, 3.05) is 13.3 Å². The van der Waals surface area contributed by atoms with E-state index in [-0.39, 0.29) is 41.2 Å². The average molecular weight is 411 g/mol. The summed E-state index contributed by atoms with van der Waals surface area (Å²) < 4.78 is 16.0. The van der Waals surface area contributed by atoms with Crippen molar-refractivity contribution >= 4 is 36.7 Å². The molecule has 0 aliphatic heterocycles. The Labute approximate surface area is 151 Å². The van der Waals surface area contributed by atoms with Gasteiger partial charge in [0.1, 0.15) is 6.23 Å². The Hall–Kier alpha value is -2.08. The zero-order valence-corrected chi connectivity index (χ0v) is 15.0. The SMILES string of the molecule is COC(CP(=O)(O)O)NCc1cc([N+](=O)[O-])cc2[nH]c(=O)c(=O)[nH]c12.Cl. The van der Waals surface area contributed by atoms with E-state index in [9.17, 15) is 24.3 Å². The lowest BCUT2D eigenvalue weighted by molar-refractivity contribution is -0.384. The highest BCUT2D eigenvalue weighted by molar-refractivity contribution is 7.51. The van der Waals surface area contributed by atoms with Crippen molar-refractivity contribution < 1.29 is 24.0 Å². The van der Waals surface area contributed by atoms with Crippen LogP contribution in [0, 0.1) is 10.1 Å². The molecule has 0 spiro atoms. The maximum atomic E-state index is 11.5. The summed E-state index contributed by atoms with van der Waals surface area (Å²) in [6, 6.07) is 2.27. The number of non-ortho nitro benzene ring substituents is 1. The number of nitro groups is 1. The number of fused-ring (bicyclic) bond motifs is 1. The van der Waals surface area contributed by atoms with Gasteiger partial charge in [0.05, 0.1) is 22.1 Å². The van der Waals surface area contributed by atoms with Crippen molar-refractivity contribution in [2.24, 2.45) is 0 Å². The first-order valence-corrected chi connectivity index (χ1v) is 8.65. The number of nitrogens with zero attached hydrogens (tertiary/aromatic N) is 1. The number of aromatic nitrogens is 2. The van der Waals surface area contributed by atoms with Crippen LogP contribution >= 0.6 is 20.0 Å². The monoisotopic (exact) mass is 410 g/mol. The number of hydrogen-bond acceptors (Lipinski definition) is 7. The van der Waals surface area contributed by atoms with Gasteiger partial charge in [0, 0.05) is 25.8 Å². The van der Waals surface area contributed by atoms with Gasteiger partial charge in [-0.2, -0.15) is 0 Å². The molecule has 2 aromatic rings. The number of nitro benzene ring substituents is 1. The second-order valence-electron chi connectivity index (χ2n) is 5.15. The number of hydrogen-bond donors (Lipinski definition) is 5. The molecule has 1 heterocycles. The number of nitrogens with one attached hydrogen (secondary N) is 3.